The van der Waals surface area contributed by atoms with Gasteiger partial charge in [-0.3, -0.25) is 4.79 Å². The van der Waals surface area contributed by atoms with E-state index >= 15 is 0 Å². The summed E-state index contributed by atoms with van der Waals surface area (Å²) >= 11 is 0. The van der Waals surface area contributed by atoms with Crippen LogP contribution in [0, 0.1) is 0 Å². The molecule has 5 heteroatoms. The van der Waals surface area contributed by atoms with E-state index in [4.69, 9.17) is 4.42 Å². The van der Waals surface area contributed by atoms with Crippen molar-refractivity contribution in [2.24, 2.45) is 0 Å². The molecule has 0 fully saturated rings. The molecule has 0 bridgehead atoms. The second-order valence-electron chi connectivity index (χ2n) is 4.33. The Bertz CT molecular complexity index is 526. The first kappa shape index (κ1) is 12.4. The number of nitrogens with zero attached hydrogens (tertiary/aromatic N) is 2. The van der Waals surface area contributed by atoms with Crippen molar-refractivity contribution >= 4 is 11.7 Å². The molecular formula is C13H17N3O2. The smallest absolute Gasteiger partial charge is 0.225 e. The highest BCUT2D eigenvalue weighted by Crippen LogP contribution is 2.24. The molecule has 5 nitrogen and oxygen atoms in total. The summed E-state index contributed by atoms with van der Waals surface area (Å²) in [4.78, 5) is 11.5. The molecule has 2 aromatic heterocycles. The molecule has 0 aromatic carbocycles. The van der Waals surface area contributed by atoms with Gasteiger partial charge in [-0.25, -0.2) is 4.68 Å². The van der Waals surface area contributed by atoms with Gasteiger partial charge in [0.05, 0.1) is 6.26 Å². The predicted octanol–water partition coefficient (Wildman–Crippen LogP) is 3.07. The van der Waals surface area contributed by atoms with Crippen LogP contribution >= 0.6 is 0 Å². The minimum atomic E-state index is -0.0252. The molecular weight excluding hydrogens is 230 g/mol. The zero-order valence-electron chi connectivity index (χ0n) is 10.8. The molecule has 0 unspecified atom stereocenters. The summed E-state index contributed by atoms with van der Waals surface area (Å²) in [5.74, 6) is 1.37. The first-order valence-corrected chi connectivity index (χ1v) is 6.05. The molecule has 1 amide bonds. The van der Waals surface area contributed by atoms with Crippen LogP contribution in [0.25, 0.3) is 11.5 Å². The first-order chi connectivity index (χ1) is 8.61. The Hall–Kier alpha value is -2.04. The number of carbonyl (C=O) groups excluding carboxylic acids is 1. The third-order valence-electron chi connectivity index (χ3n) is 2.59. The molecule has 0 spiro atoms. The van der Waals surface area contributed by atoms with Crippen LogP contribution in [0.3, 0.4) is 0 Å². The first-order valence-electron chi connectivity index (χ1n) is 6.05. The molecule has 2 rings (SSSR count). The lowest BCUT2D eigenvalue weighted by Crippen LogP contribution is -2.15. The number of nitrogens with one attached hydrogen (secondary N) is 1. The Morgan fingerprint density at radius 2 is 2.33 bits per heavy atom. The van der Waals surface area contributed by atoms with E-state index in [1.807, 2.05) is 39.0 Å². The maximum atomic E-state index is 11.5. The number of rotatable bonds is 4. The summed E-state index contributed by atoms with van der Waals surface area (Å²) in [5, 5.41) is 7.29. The van der Waals surface area contributed by atoms with Crippen LogP contribution in [0.5, 0.6) is 0 Å². The van der Waals surface area contributed by atoms with Gasteiger partial charge in [-0.1, -0.05) is 6.92 Å². The van der Waals surface area contributed by atoms with Crippen molar-refractivity contribution in [2.45, 2.75) is 33.2 Å². The lowest BCUT2D eigenvalue weighted by atomic mass is 10.3. The Morgan fingerprint density at radius 3 is 2.89 bits per heavy atom. The van der Waals surface area contributed by atoms with Crippen molar-refractivity contribution in [1.82, 2.24) is 9.78 Å². The van der Waals surface area contributed by atoms with E-state index in [2.05, 4.69) is 10.4 Å². The quantitative estimate of drug-likeness (QED) is 0.903. The third kappa shape index (κ3) is 2.45. The number of aromatic nitrogens is 2. The van der Waals surface area contributed by atoms with E-state index in [0.717, 1.165) is 5.69 Å². The minimum Gasteiger partial charge on any atom is -0.463 e. The summed E-state index contributed by atoms with van der Waals surface area (Å²) in [6.07, 6.45) is 2.05. The van der Waals surface area contributed by atoms with Crippen LogP contribution in [0.2, 0.25) is 0 Å². The van der Waals surface area contributed by atoms with Crippen molar-refractivity contribution in [3.63, 3.8) is 0 Å². The van der Waals surface area contributed by atoms with Crippen LogP contribution in [-0.2, 0) is 4.79 Å². The summed E-state index contributed by atoms with van der Waals surface area (Å²) in [7, 11) is 0. The van der Waals surface area contributed by atoms with E-state index in [1.54, 1.807) is 10.9 Å². The van der Waals surface area contributed by atoms with Crippen LogP contribution < -0.4 is 5.32 Å². The average molecular weight is 247 g/mol. The molecule has 0 radical (unpaired) electrons. The summed E-state index contributed by atoms with van der Waals surface area (Å²) < 4.78 is 7.09. The fourth-order valence-corrected chi connectivity index (χ4v) is 1.66. The largest absolute Gasteiger partial charge is 0.463 e. The van der Waals surface area contributed by atoms with Gasteiger partial charge in [0.25, 0.3) is 0 Å². The highest BCUT2D eigenvalue weighted by Gasteiger charge is 2.14. The number of amides is 1. The molecule has 1 N–H and O–H groups in total. The van der Waals surface area contributed by atoms with Gasteiger partial charge in [-0.15, -0.1) is 0 Å². The number of anilines is 1. The van der Waals surface area contributed by atoms with Crippen LogP contribution in [0.15, 0.2) is 28.9 Å². The van der Waals surface area contributed by atoms with Crippen LogP contribution in [0.1, 0.15) is 33.2 Å². The lowest BCUT2D eigenvalue weighted by molar-refractivity contribution is -0.115. The van der Waals surface area contributed by atoms with Crippen LogP contribution in [-0.4, -0.2) is 15.7 Å². The monoisotopic (exact) mass is 247 g/mol. The summed E-state index contributed by atoms with van der Waals surface area (Å²) in [6, 6.07) is 5.65. The van der Waals surface area contributed by atoms with E-state index in [9.17, 15) is 4.79 Å². The highest BCUT2D eigenvalue weighted by atomic mass is 16.3. The predicted molar refractivity (Wildman–Crippen MR) is 69.2 cm³/mol. The molecule has 0 aliphatic heterocycles. The molecule has 0 saturated carbocycles. The fraction of sp³-hybridized carbons (Fsp3) is 0.385. The molecule has 0 atom stereocenters. The van der Waals surface area contributed by atoms with E-state index in [-0.39, 0.29) is 11.9 Å². The molecule has 96 valence electrons. The van der Waals surface area contributed by atoms with E-state index in [0.29, 0.717) is 18.0 Å². The number of furan rings is 1. The molecule has 0 saturated heterocycles. The minimum absolute atomic E-state index is 0.0252. The lowest BCUT2D eigenvalue weighted by Gasteiger charge is -2.10. The summed E-state index contributed by atoms with van der Waals surface area (Å²) in [5.41, 5.74) is 0.722. The van der Waals surface area contributed by atoms with Gasteiger partial charge in [0.2, 0.25) is 5.91 Å². The molecule has 0 aliphatic carbocycles. The number of hydrogen-bond acceptors (Lipinski definition) is 3. The molecule has 2 heterocycles. The van der Waals surface area contributed by atoms with Gasteiger partial charge >= 0.3 is 0 Å². The van der Waals surface area contributed by atoms with Gasteiger partial charge < -0.3 is 9.73 Å². The zero-order valence-corrected chi connectivity index (χ0v) is 10.8. The highest BCUT2D eigenvalue weighted by molar-refractivity contribution is 5.90. The molecule has 0 aliphatic rings. The maximum absolute atomic E-state index is 11.5. The Kier molecular flexibility index (Phi) is 3.50. The Balaban J connectivity index is 2.35. The van der Waals surface area contributed by atoms with Gasteiger partial charge in [0, 0.05) is 18.5 Å². The second-order valence-corrected chi connectivity index (χ2v) is 4.33. The van der Waals surface area contributed by atoms with Crippen molar-refractivity contribution < 1.29 is 9.21 Å². The van der Waals surface area contributed by atoms with Crippen molar-refractivity contribution in [1.29, 1.82) is 0 Å². The van der Waals surface area contributed by atoms with Crippen molar-refractivity contribution in [3.05, 3.63) is 24.5 Å². The van der Waals surface area contributed by atoms with Gasteiger partial charge in [0.1, 0.15) is 11.5 Å². The topological polar surface area (TPSA) is 60.1 Å². The zero-order chi connectivity index (χ0) is 13.1. The normalized spacial score (nSPS) is 10.9. The summed E-state index contributed by atoms with van der Waals surface area (Å²) in [6.45, 7) is 5.85. The number of hydrogen-bond donors (Lipinski definition) is 1. The average Bonchev–Trinajstić information content (AvgIpc) is 2.96. The SMILES string of the molecule is CCC(=O)Nc1cc(-c2ccco2)nn1C(C)C. The van der Waals surface area contributed by atoms with E-state index in [1.165, 1.54) is 0 Å². The Morgan fingerprint density at radius 1 is 1.56 bits per heavy atom. The van der Waals surface area contributed by atoms with Gasteiger partial charge in [-0.2, -0.15) is 5.10 Å². The number of carbonyl (C=O) groups is 1. The van der Waals surface area contributed by atoms with Gasteiger partial charge in [0.15, 0.2) is 5.76 Å². The van der Waals surface area contributed by atoms with Crippen LogP contribution in [0.4, 0.5) is 5.82 Å². The molecule has 2 aromatic rings. The van der Waals surface area contributed by atoms with Gasteiger partial charge in [-0.05, 0) is 26.0 Å². The van der Waals surface area contributed by atoms with Crippen molar-refractivity contribution in [2.75, 3.05) is 5.32 Å². The standard InChI is InChI=1S/C13H17N3O2/c1-4-13(17)14-12-8-10(11-6-5-7-18-11)15-16(12)9(2)3/h5-9H,4H2,1-3H3,(H,14,17). The van der Waals surface area contributed by atoms with E-state index < -0.39 is 0 Å². The third-order valence-corrected chi connectivity index (χ3v) is 2.59. The van der Waals surface area contributed by atoms with Crippen molar-refractivity contribution in [3.8, 4) is 11.5 Å². The maximum Gasteiger partial charge on any atom is 0.225 e. The molecule has 18 heavy (non-hydrogen) atoms. The Labute approximate surface area is 106 Å². The second kappa shape index (κ2) is 5.08. The fourth-order valence-electron chi connectivity index (χ4n) is 1.66.